The molecule has 0 fully saturated rings. The van der Waals surface area contributed by atoms with Gasteiger partial charge in [0.15, 0.2) is 12.5 Å². The molecule has 1 atom stereocenters. The van der Waals surface area contributed by atoms with E-state index in [1.54, 1.807) is 19.2 Å². The van der Waals surface area contributed by atoms with E-state index >= 15 is 0 Å². The zero-order valence-electron chi connectivity index (χ0n) is 15.0. The molecule has 0 radical (unpaired) electrons. The van der Waals surface area contributed by atoms with Crippen LogP contribution in [0, 0.1) is 0 Å². The number of carbonyl (C=O) groups is 1. The monoisotopic (exact) mass is 380 g/mol. The van der Waals surface area contributed by atoms with Crippen LogP contribution in [-0.4, -0.2) is 49.2 Å². The SMILES string of the molecule is COCOc1ccc(-c2nc(C(=O)OC)c3n2C[C@@H](C)OCC3)cc1Cl. The summed E-state index contributed by atoms with van der Waals surface area (Å²) in [4.78, 5) is 16.7. The van der Waals surface area contributed by atoms with Gasteiger partial charge < -0.3 is 23.5 Å². The second-order valence-electron chi connectivity index (χ2n) is 5.96. The van der Waals surface area contributed by atoms with Crippen molar-refractivity contribution in [2.75, 3.05) is 27.6 Å². The second-order valence-corrected chi connectivity index (χ2v) is 6.37. The molecule has 0 bridgehead atoms. The van der Waals surface area contributed by atoms with Gasteiger partial charge in [-0.2, -0.15) is 0 Å². The number of imidazole rings is 1. The molecule has 1 aromatic carbocycles. The standard InChI is InChI=1S/C18H21ClN2O5/c1-11-9-21-14(6-7-25-11)16(18(22)24-3)20-17(21)12-4-5-15(13(19)8-12)26-10-23-2/h4-5,8,11H,6-7,9-10H2,1-3H3/t11-/m1/s1. The molecule has 0 unspecified atom stereocenters. The third-order valence-electron chi connectivity index (χ3n) is 4.15. The summed E-state index contributed by atoms with van der Waals surface area (Å²) in [5.41, 5.74) is 1.91. The second kappa shape index (κ2) is 8.07. The summed E-state index contributed by atoms with van der Waals surface area (Å²) in [6, 6.07) is 5.37. The predicted molar refractivity (Wildman–Crippen MR) is 95.6 cm³/mol. The van der Waals surface area contributed by atoms with Crippen molar-refractivity contribution in [2.45, 2.75) is 26.0 Å². The first-order valence-electron chi connectivity index (χ1n) is 8.26. The van der Waals surface area contributed by atoms with Crippen molar-refractivity contribution < 1.29 is 23.7 Å². The molecule has 2 heterocycles. The molecule has 0 spiro atoms. The van der Waals surface area contributed by atoms with Crippen molar-refractivity contribution in [3.8, 4) is 17.1 Å². The Balaban J connectivity index is 2.05. The van der Waals surface area contributed by atoms with E-state index in [-0.39, 0.29) is 12.9 Å². The zero-order chi connectivity index (χ0) is 18.7. The molecule has 0 amide bonds. The van der Waals surface area contributed by atoms with Crippen molar-refractivity contribution in [2.24, 2.45) is 0 Å². The summed E-state index contributed by atoms with van der Waals surface area (Å²) in [7, 11) is 2.89. The summed E-state index contributed by atoms with van der Waals surface area (Å²) in [6.45, 7) is 3.22. The van der Waals surface area contributed by atoms with Crippen LogP contribution in [-0.2, 0) is 27.2 Å². The molecular formula is C18H21ClN2O5. The Morgan fingerprint density at radius 2 is 2.23 bits per heavy atom. The van der Waals surface area contributed by atoms with Crippen LogP contribution < -0.4 is 4.74 Å². The first-order valence-corrected chi connectivity index (χ1v) is 8.64. The van der Waals surface area contributed by atoms with Crippen molar-refractivity contribution in [3.05, 3.63) is 34.6 Å². The molecule has 0 aliphatic carbocycles. The number of hydrogen-bond donors (Lipinski definition) is 0. The summed E-state index contributed by atoms with van der Waals surface area (Å²) in [5, 5.41) is 0.439. The van der Waals surface area contributed by atoms with Crippen LogP contribution in [0.5, 0.6) is 5.75 Å². The fourth-order valence-corrected chi connectivity index (χ4v) is 3.20. The Bertz CT molecular complexity index is 805. The molecule has 2 aromatic rings. The van der Waals surface area contributed by atoms with E-state index in [1.165, 1.54) is 7.11 Å². The Kier molecular flexibility index (Phi) is 5.80. The van der Waals surface area contributed by atoms with E-state index in [0.29, 0.717) is 41.9 Å². The summed E-state index contributed by atoms with van der Waals surface area (Å²) >= 11 is 6.32. The van der Waals surface area contributed by atoms with Crippen LogP contribution >= 0.6 is 11.6 Å². The van der Waals surface area contributed by atoms with Gasteiger partial charge in [-0.25, -0.2) is 9.78 Å². The van der Waals surface area contributed by atoms with Gasteiger partial charge in [0.2, 0.25) is 0 Å². The van der Waals surface area contributed by atoms with Crippen LogP contribution in [0.2, 0.25) is 5.02 Å². The minimum atomic E-state index is -0.458. The van der Waals surface area contributed by atoms with Crippen LogP contribution in [0.15, 0.2) is 18.2 Å². The van der Waals surface area contributed by atoms with Crippen molar-refractivity contribution in [3.63, 3.8) is 0 Å². The summed E-state index contributed by atoms with van der Waals surface area (Å²) in [5.74, 6) is 0.712. The van der Waals surface area contributed by atoms with Crippen molar-refractivity contribution in [1.29, 1.82) is 0 Å². The van der Waals surface area contributed by atoms with Crippen LogP contribution in [0.3, 0.4) is 0 Å². The maximum absolute atomic E-state index is 12.2. The fourth-order valence-electron chi connectivity index (χ4n) is 2.96. The van der Waals surface area contributed by atoms with Gasteiger partial charge in [-0.05, 0) is 25.1 Å². The highest BCUT2D eigenvalue weighted by Crippen LogP contribution is 2.32. The topological polar surface area (TPSA) is 71.8 Å². The molecule has 3 rings (SSSR count). The van der Waals surface area contributed by atoms with Crippen LogP contribution in [0.4, 0.5) is 0 Å². The van der Waals surface area contributed by atoms with Gasteiger partial charge in [-0.3, -0.25) is 0 Å². The number of nitrogens with zero attached hydrogens (tertiary/aromatic N) is 2. The highest BCUT2D eigenvalue weighted by Gasteiger charge is 2.27. The largest absolute Gasteiger partial charge is 0.466 e. The van der Waals surface area contributed by atoms with E-state index < -0.39 is 5.97 Å². The van der Waals surface area contributed by atoms with E-state index in [2.05, 4.69) is 4.98 Å². The Morgan fingerprint density at radius 3 is 2.92 bits per heavy atom. The normalized spacial score (nSPS) is 16.7. The summed E-state index contributed by atoms with van der Waals surface area (Å²) in [6.07, 6.45) is 0.597. The minimum absolute atomic E-state index is 0.00878. The van der Waals surface area contributed by atoms with Crippen LogP contribution in [0.1, 0.15) is 23.1 Å². The number of halogens is 1. The number of aromatic nitrogens is 2. The lowest BCUT2D eigenvalue weighted by molar-refractivity contribution is 0.0512. The fraction of sp³-hybridized carbons (Fsp3) is 0.444. The van der Waals surface area contributed by atoms with E-state index in [9.17, 15) is 4.79 Å². The Hall–Kier alpha value is -2.09. The van der Waals surface area contributed by atoms with Gasteiger partial charge in [-0.1, -0.05) is 11.6 Å². The number of hydrogen-bond acceptors (Lipinski definition) is 6. The maximum Gasteiger partial charge on any atom is 0.358 e. The molecule has 140 valence electrons. The number of ether oxygens (including phenoxy) is 4. The predicted octanol–water partition coefficient (Wildman–Crippen LogP) is 2.93. The number of esters is 1. The molecule has 7 nitrogen and oxygen atoms in total. The average Bonchev–Trinajstić information content (AvgIpc) is 2.86. The highest BCUT2D eigenvalue weighted by molar-refractivity contribution is 6.32. The van der Waals surface area contributed by atoms with Crippen molar-refractivity contribution >= 4 is 17.6 Å². The lowest BCUT2D eigenvalue weighted by Gasteiger charge is -2.13. The number of carbonyl (C=O) groups excluding carboxylic acids is 1. The molecule has 0 N–H and O–H groups in total. The minimum Gasteiger partial charge on any atom is -0.466 e. The summed E-state index contributed by atoms with van der Waals surface area (Å²) < 4.78 is 22.9. The van der Waals surface area contributed by atoms with Crippen molar-refractivity contribution in [1.82, 2.24) is 9.55 Å². The van der Waals surface area contributed by atoms with E-state index in [0.717, 1.165) is 11.3 Å². The van der Waals surface area contributed by atoms with Gasteiger partial charge in [0, 0.05) is 19.1 Å². The molecule has 8 heteroatoms. The Labute approximate surface area is 156 Å². The molecule has 1 aliphatic rings. The number of benzene rings is 1. The number of fused-ring (bicyclic) bond motifs is 1. The van der Waals surface area contributed by atoms with Gasteiger partial charge in [0.25, 0.3) is 0 Å². The molecule has 1 aliphatic heterocycles. The Morgan fingerprint density at radius 1 is 1.42 bits per heavy atom. The lowest BCUT2D eigenvalue weighted by atomic mass is 10.2. The lowest BCUT2D eigenvalue weighted by Crippen LogP contribution is -2.15. The van der Waals surface area contributed by atoms with Gasteiger partial charge >= 0.3 is 5.97 Å². The molecular weight excluding hydrogens is 360 g/mol. The number of methoxy groups -OCH3 is 2. The van der Waals surface area contributed by atoms with Gasteiger partial charge in [0.1, 0.15) is 11.6 Å². The molecule has 0 saturated heterocycles. The first kappa shape index (κ1) is 18.7. The van der Waals surface area contributed by atoms with E-state index in [1.807, 2.05) is 17.6 Å². The maximum atomic E-state index is 12.2. The number of rotatable bonds is 5. The smallest absolute Gasteiger partial charge is 0.358 e. The molecule has 1 aromatic heterocycles. The quantitative estimate of drug-likeness (QED) is 0.586. The highest BCUT2D eigenvalue weighted by atomic mass is 35.5. The first-order chi connectivity index (χ1) is 12.5. The zero-order valence-corrected chi connectivity index (χ0v) is 15.7. The molecule has 26 heavy (non-hydrogen) atoms. The van der Waals surface area contributed by atoms with Crippen LogP contribution in [0.25, 0.3) is 11.4 Å². The van der Waals surface area contributed by atoms with Gasteiger partial charge in [0.05, 0.1) is 37.1 Å². The molecule has 0 saturated carbocycles. The van der Waals surface area contributed by atoms with E-state index in [4.69, 9.17) is 30.5 Å². The van der Waals surface area contributed by atoms with Gasteiger partial charge in [-0.15, -0.1) is 0 Å². The average molecular weight is 381 g/mol. The third-order valence-corrected chi connectivity index (χ3v) is 4.45. The third kappa shape index (κ3) is 3.70.